The third kappa shape index (κ3) is 16.8. The number of rotatable bonds is 19. The van der Waals surface area contributed by atoms with E-state index in [4.69, 9.17) is 0 Å². The highest BCUT2D eigenvalue weighted by atomic mass is 14.2. The zero-order chi connectivity index (χ0) is 17.9. The van der Waals surface area contributed by atoms with Crippen molar-refractivity contribution in [3.8, 4) is 0 Å². The van der Waals surface area contributed by atoms with Gasteiger partial charge in [-0.2, -0.15) is 0 Å². The largest absolute Gasteiger partial charge is 0.0654 e. The normalized spacial score (nSPS) is 14.0. The van der Waals surface area contributed by atoms with E-state index < -0.39 is 0 Å². The Balaban J connectivity index is 3.32. The molecule has 0 N–H and O–H groups in total. The molecule has 0 saturated heterocycles. The Labute approximate surface area is 155 Å². The van der Waals surface area contributed by atoms with Gasteiger partial charge in [0.2, 0.25) is 0 Å². The predicted molar refractivity (Wildman–Crippen MR) is 113 cm³/mol. The van der Waals surface area contributed by atoms with Crippen molar-refractivity contribution in [2.75, 3.05) is 0 Å². The molecule has 0 rings (SSSR count). The van der Waals surface area contributed by atoms with Crippen molar-refractivity contribution in [1.82, 2.24) is 0 Å². The summed E-state index contributed by atoms with van der Waals surface area (Å²) in [6.07, 6.45) is 26.2. The van der Waals surface area contributed by atoms with Crippen molar-refractivity contribution in [2.24, 2.45) is 11.8 Å². The van der Waals surface area contributed by atoms with Crippen LogP contribution in [0.25, 0.3) is 0 Å². The van der Waals surface area contributed by atoms with E-state index >= 15 is 0 Å². The minimum Gasteiger partial charge on any atom is -0.0654 e. The Morgan fingerprint density at radius 3 is 0.917 bits per heavy atom. The molecular weight excluding hydrogens is 288 g/mol. The van der Waals surface area contributed by atoms with Gasteiger partial charge in [0.1, 0.15) is 0 Å². The summed E-state index contributed by atoms with van der Waals surface area (Å²) in [5, 5.41) is 0. The Kier molecular flexibility index (Phi) is 19.3. The van der Waals surface area contributed by atoms with Crippen molar-refractivity contribution in [3.63, 3.8) is 0 Å². The second kappa shape index (κ2) is 19.3. The van der Waals surface area contributed by atoms with Gasteiger partial charge in [-0.3, -0.25) is 0 Å². The molecule has 0 saturated carbocycles. The van der Waals surface area contributed by atoms with Gasteiger partial charge in [-0.1, -0.05) is 143 Å². The number of hydrogen-bond acceptors (Lipinski definition) is 0. The van der Waals surface area contributed by atoms with Gasteiger partial charge in [-0.05, 0) is 11.8 Å². The van der Waals surface area contributed by atoms with Gasteiger partial charge in [0.05, 0.1) is 0 Å². The monoisotopic (exact) mass is 338 g/mol. The van der Waals surface area contributed by atoms with Gasteiger partial charge in [0.25, 0.3) is 0 Å². The summed E-state index contributed by atoms with van der Waals surface area (Å²) < 4.78 is 0. The van der Waals surface area contributed by atoms with E-state index in [0.717, 1.165) is 11.8 Å². The summed E-state index contributed by atoms with van der Waals surface area (Å²) in [5.41, 5.74) is 0. The molecule has 0 aromatic carbocycles. The van der Waals surface area contributed by atoms with E-state index in [1.54, 1.807) is 0 Å². The van der Waals surface area contributed by atoms with Crippen molar-refractivity contribution >= 4 is 0 Å². The maximum absolute atomic E-state index is 2.50. The molecule has 0 nitrogen and oxygen atoms in total. The van der Waals surface area contributed by atoms with Crippen molar-refractivity contribution < 1.29 is 0 Å². The fraction of sp³-hybridized carbons (Fsp3) is 1.00. The molecule has 0 heterocycles. The van der Waals surface area contributed by atoms with Gasteiger partial charge < -0.3 is 0 Å². The molecule has 0 aliphatic heterocycles. The fourth-order valence-electron chi connectivity index (χ4n) is 3.77. The molecule has 0 aliphatic rings. The Bertz CT molecular complexity index is 196. The highest BCUT2D eigenvalue weighted by Gasteiger charge is 2.11. The maximum Gasteiger partial charge on any atom is -0.0417 e. The average molecular weight is 339 g/mol. The quantitative estimate of drug-likeness (QED) is 0.206. The summed E-state index contributed by atoms with van der Waals surface area (Å²) in [5.74, 6) is 1.88. The van der Waals surface area contributed by atoms with Crippen LogP contribution in [0.15, 0.2) is 0 Å². The van der Waals surface area contributed by atoms with E-state index in [0.29, 0.717) is 0 Å². The van der Waals surface area contributed by atoms with Crippen LogP contribution >= 0.6 is 0 Å². The highest BCUT2D eigenvalue weighted by Crippen LogP contribution is 2.24. The van der Waals surface area contributed by atoms with Crippen LogP contribution in [0.4, 0.5) is 0 Å². The van der Waals surface area contributed by atoms with Crippen LogP contribution in [0, 0.1) is 11.8 Å². The molecule has 0 aromatic heterocycles. The lowest BCUT2D eigenvalue weighted by Crippen LogP contribution is -2.08. The average Bonchev–Trinajstić information content (AvgIpc) is 2.59. The van der Waals surface area contributed by atoms with Gasteiger partial charge in [-0.15, -0.1) is 0 Å². The minimum atomic E-state index is 0.939. The van der Waals surface area contributed by atoms with Crippen LogP contribution in [0.5, 0.6) is 0 Å². The summed E-state index contributed by atoms with van der Waals surface area (Å²) in [4.78, 5) is 0. The first-order chi connectivity index (χ1) is 11.7. The second-order valence-corrected chi connectivity index (χ2v) is 8.48. The Morgan fingerprint density at radius 2 is 0.625 bits per heavy atom. The van der Waals surface area contributed by atoms with Crippen LogP contribution in [-0.4, -0.2) is 0 Å². The fourth-order valence-corrected chi connectivity index (χ4v) is 3.77. The molecule has 0 fully saturated rings. The maximum atomic E-state index is 2.50. The lowest BCUT2D eigenvalue weighted by molar-refractivity contribution is 0.322. The smallest absolute Gasteiger partial charge is 0.0417 e. The predicted octanol–water partition coefficient (Wildman–Crippen LogP) is 9.32. The van der Waals surface area contributed by atoms with Crippen molar-refractivity contribution in [3.05, 3.63) is 0 Å². The molecule has 2 atom stereocenters. The van der Waals surface area contributed by atoms with Crippen LogP contribution < -0.4 is 0 Å². The first-order valence-corrected chi connectivity index (χ1v) is 11.7. The van der Waals surface area contributed by atoms with E-state index in [1.807, 2.05) is 0 Å². The molecule has 0 radical (unpaired) electrons. The summed E-state index contributed by atoms with van der Waals surface area (Å²) in [6, 6.07) is 0. The molecule has 146 valence electrons. The summed E-state index contributed by atoms with van der Waals surface area (Å²) >= 11 is 0. The number of hydrogen-bond donors (Lipinski definition) is 0. The topological polar surface area (TPSA) is 0 Å². The number of unbranched alkanes of at least 4 members (excludes halogenated alkanes) is 14. The van der Waals surface area contributed by atoms with Crippen molar-refractivity contribution in [2.45, 2.75) is 143 Å². The van der Waals surface area contributed by atoms with Gasteiger partial charge in [0, 0.05) is 0 Å². The van der Waals surface area contributed by atoms with Gasteiger partial charge in [0.15, 0.2) is 0 Å². The lowest BCUT2D eigenvalue weighted by Gasteiger charge is -2.19. The Hall–Kier alpha value is 0. The van der Waals surface area contributed by atoms with E-state index in [9.17, 15) is 0 Å². The summed E-state index contributed by atoms with van der Waals surface area (Å²) in [6.45, 7) is 9.60. The minimum absolute atomic E-state index is 0.939. The molecule has 0 spiro atoms. The summed E-state index contributed by atoms with van der Waals surface area (Å²) in [7, 11) is 0. The van der Waals surface area contributed by atoms with Crippen LogP contribution in [0.3, 0.4) is 0 Å². The van der Waals surface area contributed by atoms with Crippen LogP contribution in [-0.2, 0) is 0 Å². The van der Waals surface area contributed by atoms with Crippen LogP contribution in [0.2, 0.25) is 0 Å². The molecule has 0 unspecified atom stereocenters. The standard InChI is InChI=1S/C24H50/c1-5-7-9-11-13-15-17-19-21-23(3)24(4)22-20-18-16-14-12-10-8-6-2/h23-24H,5-22H2,1-4H3/t23-,24+. The second-order valence-electron chi connectivity index (χ2n) is 8.48. The van der Waals surface area contributed by atoms with E-state index in [-0.39, 0.29) is 0 Å². The molecule has 0 aliphatic carbocycles. The van der Waals surface area contributed by atoms with Gasteiger partial charge >= 0.3 is 0 Å². The van der Waals surface area contributed by atoms with Crippen LogP contribution in [0.1, 0.15) is 143 Å². The third-order valence-corrected chi connectivity index (χ3v) is 6.00. The SMILES string of the molecule is CCCCCCCCCC[C@@H](C)[C@@H](C)CCCCCCCCCC. The van der Waals surface area contributed by atoms with Crippen molar-refractivity contribution in [1.29, 1.82) is 0 Å². The Morgan fingerprint density at radius 1 is 0.375 bits per heavy atom. The molecule has 24 heavy (non-hydrogen) atoms. The first kappa shape index (κ1) is 24.0. The molecule has 0 amide bonds. The third-order valence-electron chi connectivity index (χ3n) is 6.00. The van der Waals surface area contributed by atoms with Gasteiger partial charge in [-0.25, -0.2) is 0 Å². The molecule has 0 bridgehead atoms. The molecule has 0 aromatic rings. The zero-order valence-electron chi connectivity index (χ0n) is 17.9. The molecule has 0 heteroatoms. The van der Waals surface area contributed by atoms with E-state index in [2.05, 4.69) is 27.7 Å². The zero-order valence-corrected chi connectivity index (χ0v) is 17.9. The highest BCUT2D eigenvalue weighted by molar-refractivity contribution is 4.63. The van der Waals surface area contributed by atoms with E-state index in [1.165, 1.54) is 116 Å². The first-order valence-electron chi connectivity index (χ1n) is 11.7. The lowest BCUT2D eigenvalue weighted by atomic mass is 9.86. The molecular formula is C24H50.